The van der Waals surface area contributed by atoms with Crippen molar-refractivity contribution in [1.29, 1.82) is 5.26 Å². The molecular formula is C16H14FNOS. The largest absolute Gasteiger partial charge is 0.389 e. The highest BCUT2D eigenvalue weighted by Gasteiger charge is 2.06. The van der Waals surface area contributed by atoms with Crippen molar-refractivity contribution in [3.8, 4) is 6.07 Å². The first-order chi connectivity index (χ1) is 9.60. The van der Waals surface area contributed by atoms with Crippen LogP contribution in [0, 0.1) is 17.1 Å². The van der Waals surface area contributed by atoms with Gasteiger partial charge in [-0.2, -0.15) is 5.26 Å². The lowest BCUT2D eigenvalue weighted by atomic mass is 10.1. The summed E-state index contributed by atoms with van der Waals surface area (Å²) in [5.74, 6) is 0.146. The summed E-state index contributed by atoms with van der Waals surface area (Å²) in [7, 11) is 0. The minimum Gasteiger partial charge on any atom is -0.389 e. The molecule has 0 aliphatic rings. The summed E-state index contributed by atoms with van der Waals surface area (Å²) in [5.41, 5.74) is 1.80. The molecule has 0 fully saturated rings. The lowest BCUT2D eigenvalue weighted by Crippen LogP contribution is -1.92. The van der Waals surface area contributed by atoms with E-state index in [0.717, 1.165) is 10.5 Å². The number of rotatable bonds is 4. The molecular weight excluding hydrogens is 273 g/mol. The first-order valence-corrected chi connectivity index (χ1v) is 7.18. The molecule has 0 aromatic heterocycles. The second-order valence-electron chi connectivity index (χ2n) is 4.46. The van der Waals surface area contributed by atoms with Gasteiger partial charge in [-0.3, -0.25) is 0 Å². The molecule has 2 aromatic rings. The molecule has 2 rings (SSSR count). The molecule has 1 N–H and O–H groups in total. The van der Waals surface area contributed by atoms with Gasteiger partial charge in [0.25, 0.3) is 0 Å². The summed E-state index contributed by atoms with van der Waals surface area (Å²) in [5, 5.41) is 18.4. The van der Waals surface area contributed by atoms with E-state index in [2.05, 4.69) is 0 Å². The van der Waals surface area contributed by atoms with E-state index in [1.807, 2.05) is 30.3 Å². The van der Waals surface area contributed by atoms with E-state index in [-0.39, 0.29) is 5.82 Å². The van der Waals surface area contributed by atoms with Crippen LogP contribution < -0.4 is 0 Å². The summed E-state index contributed by atoms with van der Waals surface area (Å²) in [4.78, 5) is 0.963. The number of aliphatic hydroxyl groups is 1. The Bertz CT molecular complexity index is 649. The molecule has 102 valence electrons. The fourth-order valence-corrected chi connectivity index (χ4v) is 2.72. The van der Waals surface area contributed by atoms with Crippen LogP contribution in [0.1, 0.15) is 29.7 Å². The number of halogens is 1. The Kier molecular flexibility index (Phi) is 4.78. The van der Waals surface area contributed by atoms with Gasteiger partial charge in [-0.1, -0.05) is 12.1 Å². The number of thioether (sulfide) groups is 1. The molecule has 0 radical (unpaired) electrons. The molecule has 0 bridgehead atoms. The second kappa shape index (κ2) is 6.56. The van der Waals surface area contributed by atoms with E-state index < -0.39 is 6.10 Å². The third kappa shape index (κ3) is 3.60. The van der Waals surface area contributed by atoms with Crippen LogP contribution in [0.2, 0.25) is 0 Å². The highest BCUT2D eigenvalue weighted by Crippen LogP contribution is 2.26. The van der Waals surface area contributed by atoms with Gasteiger partial charge in [-0.05, 0) is 48.4 Å². The van der Waals surface area contributed by atoms with Crippen LogP contribution in [0.25, 0.3) is 0 Å². The van der Waals surface area contributed by atoms with Crippen LogP contribution in [0.15, 0.2) is 47.4 Å². The maximum atomic E-state index is 13.7. The van der Waals surface area contributed by atoms with Gasteiger partial charge < -0.3 is 5.11 Å². The van der Waals surface area contributed by atoms with E-state index >= 15 is 0 Å². The second-order valence-corrected chi connectivity index (χ2v) is 5.50. The first kappa shape index (κ1) is 14.6. The maximum Gasteiger partial charge on any atom is 0.127 e. The highest BCUT2D eigenvalue weighted by atomic mass is 32.2. The number of nitriles is 1. The molecule has 0 aliphatic heterocycles. The van der Waals surface area contributed by atoms with Gasteiger partial charge in [0.1, 0.15) is 5.82 Å². The van der Waals surface area contributed by atoms with Gasteiger partial charge in [0, 0.05) is 10.6 Å². The Morgan fingerprint density at radius 3 is 2.80 bits per heavy atom. The quantitative estimate of drug-likeness (QED) is 0.863. The fourth-order valence-electron chi connectivity index (χ4n) is 1.78. The molecule has 20 heavy (non-hydrogen) atoms. The van der Waals surface area contributed by atoms with Gasteiger partial charge in [-0.15, -0.1) is 11.8 Å². The van der Waals surface area contributed by atoms with Crippen LogP contribution in [-0.4, -0.2) is 5.11 Å². The van der Waals surface area contributed by atoms with E-state index in [9.17, 15) is 9.50 Å². The number of benzene rings is 2. The van der Waals surface area contributed by atoms with Crippen LogP contribution in [0.4, 0.5) is 4.39 Å². The number of nitrogens with zero attached hydrogens (tertiary/aromatic N) is 1. The minimum atomic E-state index is -0.519. The predicted molar refractivity (Wildman–Crippen MR) is 77.8 cm³/mol. The molecule has 1 unspecified atom stereocenters. The van der Waals surface area contributed by atoms with Crippen molar-refractivity contribution in [2.75, 3.05) is 0 Å². The standard InChI is InChI=1S/C16H14FNOS/c1-11(19)13-3-2-4-15(8-13)20-10-14-7-12(9-18)5-6-16(14)17/h2-8,11,19H,10H2,1H3. The Morgan fingerprint density at radius 2 is 2.10 bits per heavy atom. The van der Waals surface area contributed by atoms with Gasteiger partial charge in [0.05, 0.1) is 17.7 Å². The molecule has 0 heterocycles. The topological polar surface area (TPSA) is 44.0 Å². The Labute approximate surface area is 121 Å². The molecule has 4 heteroatoms. The Balaban J connectivity index is 2.13. The summed E-state index contributed by atoms with van der Waals surface area (Å²) in [6.07, 6.45) is -0.519. The van der Waals surface area contributed by atoms with Gasteiger partial charge >= 0.3 is 0 Å². The summed E-state index contributed by atoms with van der Waals surface area (Å²) in [6, 6.07) is 13.9. The maximum absolute atomic E-state index is 13.7. The van der Waals surface area contributed by atoms with Crippen LogP contribution in [-0.2, 0) is 5.75 Å². The molecule has 0 saturated carbocycles. The smallest absolute Gasteiger partial charge is 0.127 e. The zero-order valence-corrected chi connectivity index (χ0v) is 11.8. The van der Waals surface area contributed by atoms with Crippen LogP contribution >= 0.6 is 11.8 Å². The average molecular weight is 287 g/mol. The predicted octanol–water partition coefficient (Wildman–Crippen LogP) is 4.04. The molecule has 2 aromatic carbocycles. The van der Waals surface area contributed by atoms with Gasteiger partial charge in [-0.25, -0.2) is 4.39 Å². The van der Waals surface area contributed by atoms with Gasteiger partial charge in [0.2, 0.25) is 0 Å². The summed E-state index contributed by atoms with van der Waals surface area (Å²) in [6.45, 7) is 1.71. The Hall–Kier alpha value is -1.83. The SMILES string of the molecule is CC(O)c1cccc(SCc2cc(C#N)ccc2F)c1. The lowest BCUT2D eigenvalue weighted by Gasteiger charge is -2.08. The average Bonchev–Trinajstić information content (AvgIpc) is 2.46. The molecule has 0 aliphatic carbocycles. The fraction of sp³-hybridized carbons (Fsp3) is 0.188. The third-order valence-corrected chi connectivity index (χ3v) is 3.95. The van der Waals surface area contributed by atoms with E-state index in [4.69, 9.17) is 5.26 Å². The minimum absolute atomic E-state index is 0.303. The lowest BCUT2D eigenvalue weighted by molar-refractivity contribution is 0.199. The van der Waals surface area contributed by atoms with Crippen molar-refractivity contribution < 1.29 is 9.50 Å². The Morgan fingerprint density at radius 1 is 1.30 bits per heavy atom. The van der Waals surface area contributed by atoms with Crippen molar-refractivity contribution >= 4 is 11.8 Å². The highest BCUT2D eigenvalue weighted by molar-refractivity contribution is 7.98. The van der Waals surface area contributed by atoms with Crippen molar-refractivity contribution in [2.24, 2.45) is 0 Å². The van der Waals surface area contributed by atoms with Crippen molar-refractivity contribution in [3.63, 3.8) is 0 Å². The third-order valence-electron chi connectivity index (χ3n) is 2.91. The van der Waals surface area contributed by atoms with E-state index in [1.165, 1.54) is 23.9 Å². The molecule has 1 atom stereocenters. The normalized spacial score (nSPS) is 11.9. The molecule has 0 spiro atoms. The number of hydrogen-bond donors (Lipinski definition) is 1. The van der Waals surface area contributed by atoms with Crippen LogP contribution in [0.5, 0.6) is 0 Å². The van der Waals surface area contributed by atoms with E-state index in [1.54, 1.807) is 13.0 Å². The van der Waals surface area contributed by atoms with Crippen molar-refractivity contribution in [2.45, 2.75) is 23.7 Å². The zero-order valence-electron chi connectivity index (χ0n) is 11.0. The van der Waals surface area contributed by atoms with Crippen molar-refractivity contribution in [3.05, 3.63) is 65.0 Å². The van der Waals surface area contributed by atoms with Gasteiger partial charge in [0.15, 0.2) is 0 Å². The molecule has 2 nitrogen and oxygen atoms in total. The first-order valence-electron chi connectivity index (χ1n) is 6.19. The summed E-state index contributed by atoms with van der Waals surface area (Å²) >= 11 is 1.48. The van der Waals surface area contributed by atoms with Crippen molar-refractivity contribution in [1.82, 2.24) is 0 Å². The number of hydrogen-bond acceptors (Lipinski definition) is 3. The monoisotopic (exact) mass is 287 g/mol. The molecule has 0 saturated heterocycles. The summed E-state index contributed by atoms with van der Waals surface area (Å²) < 4.78 is 13.7. The molecule has 0 amide bonds. The van der Waals surface area contributed by atoms with Crippen LogP contribution in [0.3, 0.4) is 0 Å². The number of aliphatic hydroxyl groups excluding tert-OH is 1. The zero-order chi connectivity index (χ0) is 14.5. The van der Waals surface area contributed by atoms with E-state index in [0.29, 0.717) is 16.9 Å².